The third-order valence-corrected chi connectivity index (χ3v) is 6.12. The molecule has 3 rings (SSSR count). The van der Waals surface area contributed by atoms with Gasteiger partial charge in [-0.05, 0) is 54.8 Å². The molecule has 0 saturated carbocycles. The van der Waals surface area contributed by atoms with Crippen molar-refractivity contribution < 1.29 is 9.59 Å². The van der Waals surface area contributed by atoms with E-state index in [2.05, 4.69) is 5.32 Å². The van der Waals surface area contributed by atoms with Crippen LogP contribution in [0.5, 0.6) is 0 Å². The van der Waals surface area contributed by atoms with Crippen molar-refractivity contribution in [2.24, 2.45) is 0 Å². The summed E-state index contributed by atoms with van der Waals surface area (Å²) in [5.74, 6) is -0.420. The van der Waals surface area contributed by atoms with Crippen molar-refractivity contribution in [3.63, 3.8) is 0 Å². The van der Waals surface area contributed by atoms with Crippen LogP contribution in [-0.4, -0.2) is 28.8 Å². The number of hydrogen-bond donors (Lipinski definition) is 1. The number of carbonyl (C=O) groups excluding carboxylic acids is 2. The minimum atomic E-state index is -0.733. The van der Waals surface area contributed by atoms with Gasteiger partial charge in [0.15, 0.2) is 0 Å². The number of carbonyl (C=O) groups is 2. The van der Waals surface area contributed by atoms with E-state index in [4.69, 9.17) is 34.8 Å². The Balaban J connectivity index is 2.00. The van der Waals surface area contributed by atoms with Crippen LogP contribution >= 0.6 is 34.8 Å². The number of rotatable bonds is 9. The fraction of sp³-hybridized carbons (Fsp3) is 0.259. The van der Waals surface area contributed by atoms with E-state index in [1.807, 2.05) is 50.2 Å². The zero-order valence-electron chi connectivity index (χ0n) is 19.1. The van der Waals surface area contributed by atoms with Crippen LogP contribution in [0.2, 0.25) is 15.1 Å². The van der Waals surface area contributed by atoms with Gasteiger partial charge in [0.05, 0.1) is 6.42 Å². The van der Waals surface area contributed by atoms with E-state index >= 15 is 0 Å². The lowest BCUT2D eigenvalue weighted by molar-refractivity contribution is -0.141. The Morgan fingerprint density at radius 3 is 2.18 bits per heavy atom. The monoisotopic (exact) mass is 516 g/mol. The second-order valence-corrected chi connectivity index (χ2v) is 9.71. The van der Waals surface area contributed by atoms with Crippen molar-refractivity contribution in [1.82, 2.24) is 10.2 Å². The van der Waals surface area contributed by atoms with Gasteiger partial charge >= 0.3 is 0 Å². The predicted molar refractivity (Wildman–Crippen MR) is 139 cm³/mol. The molecule has 0 unspecified atom stereocenters. The molecule has 1 atom stereocenters. The van der Waals surface area contributed by atoms with Crippen LogP contribution in [0.4, 0.5) is 0 Å². The lowest BCUT2D eigenvalue weighted by atomic mass is 10.0. The maximum absolute atomic E-state index is 13.7. The highest BCUT2D eigenvalue weighted by Gasteiger charge is 2.31. The fourth-order valence-corrected chi connectivity index (χ4v) is 4.37. The average molecular weight is 518 g/mol. The van der Waals surface area contributed by atoms with Crippen LogP contribution in [0, 0.1) is 0 Å². The number of amides is 2. The molecule has 0 bridgehead atoms. The van der Waals surface area contributed by atoms with Gasteiger partial charge in [0, 0.05) is 34.1 Å². The normalized spacial score (nSPS) is 11.8. The van der Waals surface area contributed by atoms with E-state index < -0.39 is 6.04 Å². The van der Waals surface area contributed by atoms with Gasteiger partial charge in [0.1, 0.15) is 6.04 Å². The highest BCUT2D eigenvalue weighted by molar-refractivity contribution is 6.35. The van der Waals surface area contributed by atoms with Gasteiger partial charge in [-0.3, -0.25) is 9.59 Å². The van der Waals surface area contributed by atoms with Gasteiger partial charge in [0.2, 0.25) is 11.8 Å². The Kier molecular flexibility index (Phi) is 9.40. The summed E-state index contributed by atoms with van der Waals surface area (Å²) >= 11 is 18.7. The van der Waals surface area contributed by atoms with E-state index in [0.29, 0.717) is 27.1 Å². The molecule has 34 heavy (non-hydrogen) atoms. The van der Waals surface area contributed by atoms with Gasteiger partial charge in [-0.15, -0.1) is 0 Å². The largest absolute Gasteiger partial charge is 0.352 e. The second-order valence-electron chi connectivity index (χ2n) is 8.43. The quantitative estimate of drug-likeness (QED) is 0.359. The first kappa shape index (κ1) is 26.1. The van der Waals surface area contributed by atoms with Crippen LogP contribution < -0.4 is 5.32 Å². The van der Waals surface area contributed by atoms with Crippen molar-refractivity contribution >= 4 is 46.6 Å². The molecule has 0 spiro atoms. The third kappa shape index (κ3) is 7.49. The first-order valence-electron chi connectivity index (χ1n) is 11.0. The number of nitrogens with one attached hydrogen (secondary N) is 1. The van der Waals surface area contributed by atoms with Crippen LogP contribution in [0.1, 0.15) is 30.5 Å². The van der Waals surface area contributed by atoms with E-state index in [1.54, 1.807) is 41.3 Å². The number of nitrogens with zero attached hydrogens (tertiary/aromatic N) is 1. The summed E-state index contributed by atoms with van der Waals surface area (Å²) in [6, 6.07) is 21.2. The van der Waals surface area contributed by atoms with Crippen molar-refractivity contribution in [3.8, 4) is 0 Å². The number of hydrogen-bond acceptors (Lipinski definition) is 2. The minimum Gasteiger partial charge on any atom is -0.352 e. The summed E-state index contributed by atoms with van der Waals surface area (Å²) in [6.07, 6.45) is 0.470. The molecular formula is C27H27Cl3N2O2. The molecule has 3 aromatic carbocycles. The van der Waals surface area contributed by atoms with Crippen molar-refractivity contribution in [2.45, 2.75) is 45.3 Å². The third-order valence-electron chi connectivity index (χ3n) is 5.30. The Bertz CT molecular complexity index is 1140. The van der Waals surface area contributed by atoms with Gasteiger partial charge in [-0.1, -0.05) is 83.3 Å². The minimum absolute atomic E-state index is 0.0743. The molecule has 4 nitrogen and oxygen atoms in total. The molecule has 0 aliphatic carbocycles. The van der Waals surface area contributed by atoms with Crippen LogP contribution in [0.3, 0.4) is 0 Å². The van der Waals surface area contributed by atoms with Gasteiger partial charge in [-0.2, -0.15) is 0 Å². The SMILES string of the molecule is CC(C)NC(=O)[C@H](Cc1ccccc1)N(Cc1ccc(Cl)cc1Cl)C(=O)Cc1cccc(Cl)c1. The molecule has 0 aliphatic heterocycles. The Labute approximate surface area is 215 Å². The van der Waals surface area contributed by atoms with Crippen molar-refractivity contribution in [1.29, 1.82) is 0 Å². The zero-order chi connectivity index (χ0) is 24.7. The summed E-state index contributed by atoms with van der Waals surface area (Å²) in [4.78, 5) is 28.6. The molecule has 0 radical (unpaired) electrons. The molecule has 1 N–H and O–H groups in total. The summed E-state index contributed by atoms with van der Waals surface area (Å²) < 4.78 is 0. The average Bonchev–Trinajstić information content (AvgIpc) is 2.77. The highest BCUT2D eigenvalue weighted by Crippen LogP contribution is 2.25. The Hall–Kier alpha value is -2.53. The number of benzene rings is 3. The van der Waals surface area contributed by atoms with E-state index in [9.17, 15) is 9.59 Å². The predicted octanol–water partition coefficient (Wildman–Crippen LogP) is 6.35. The summed E-state index contributed by atoms with van der Waals surface area (Å²) in [6.45, 7) is 3.95. The van der Waals surface area contributed by atoms with Crippen molar-refractivity contribution in [2.75, 3.05) is 0 Å². The van der Waals surface area contributed by atoms with Gasteiger partial charge < -0.3 is 10.2 Å². The highest BCUT2D eigenvalue weighted by atomic mass is 35.5. The van der Waals surface area contributed by atoms with E-state index in [1.165, 1.54) is 0 Å². The first-order valence-corrected chi connectivity index (χ1v) is 12.2. The summed E-state index contributed by atoms with van der Waals surface area (Å²) in [7, 11) is 0. The standard InChI is InChI=1S/C27H27Cl3N2O2/c1-18(2)31-27(34)25(14-19-7-4-3-5-8-19)32(17-21-11-12-23(29)16-24(21)30)26(33)15-20-9-6-10-22(28)13-20/h3-13,16,18,25H,14-15,17H2,1-2H3,(H,31,34)/t25-/m0/s1. The smallest absolute Gasteiger partial charge is 0.243 e. The molecule has 0 fully saturated rings. The molecule has 0 aromatic heterocycles. The fourth-order valence-electron chi connectivity index (χ4n) is 3.69. The van der Waals surface area contributed by atoms with Gasteiger partial charge in [0.25, 0.3) is 0 Å². The molecule has 3 aromatic rings. The Morgan fingerprint density at radius 1 is 0.853 bits per heavy atom. The Morgan fingerprint density at radius 2 is 1.53 bits per heavy atom. The molecule has 0 saturated heterocycles. The van der Waals surface area contributed by atoms with Crippen LogP contribution in [0.25, 0.3) is 0 Å². The topological polar surface area (TPSA) is 49.4 Å². The molecule has 0 heterocycles. The van der Waals surface area contributed by atoms with Crippen molar-refractivity contribution in [3.05, 3.63) is 105 Å². The van der Waals surface area contributed by atoms with Crippen LogP contribution in [0.15, 0.2) is 72.8 Å². The molecule has 2 amide bonds. The summed E-state index contributed by atoms with van der Waals surface area (Å²) in [5, 5.41) is 4.47. The molecule has 7 heteroatoms. The van der Waals surface area contributed by atoms with E-state index in [0.717, 1.165) is 11.1 Å². The number of halogens is 3. The summed E-state index contributed by atoms with van der Waals surface area (Å²) in [5.41, 5.74) is 2.43. The lowest BCUT2D eigenvalue weighted by Gasteiger charge is -2.32. The maximum atomic E-state index is 13.7. The molecule has 0 aliphatic rings. The van der Waals surface area contributed by atoms with Crippen LogP contribution in [-0.2, 0) is 29.0 Å². The zero-order valence-corrected chi connectivity index (χ0v) is 21.4. The molecular weight excluding hydrogens is 491 g/mol. The maximum Gasteiger partial charge on any atom is 0.243 e. The van der Waals surface area contributed by atoms with E-state index in [-0.39, 0.29) is 30.8 Å². The lowest BCUT2D eigenvalue weighted by Crippen LogP contribution is -2.52. The second kappa shape index (κ2) is 12.3. The first-order chi connectivity index (χ1) is 16.2. The van der Waals surface area contributed by atoms with Gasteiger partial charge in [-0.25, -0.2) is 0 Å². The molecule has 178 valence electrons.